The van der Waals surface area contributed by atoms with Crippen LogP contribution in [0.1, 0.15) is 5.56 Å². The summed E-state index contributed by atoms with van der Waals surface area (Å²) in [6.45, 7) is 0.731. The molecule has 0 spiro atoms. The minimum atomic E-state index is -4.22. The number of nitro benzene ring substituents is 1. The van der Waals surface area contributed by atoms with Crippen molar-refractivity contribution in [1.82, 2.24) is 4.72 Å². The average molecular weight is 402 g/mol. The lowest BCUT2D eigenvalue weighted by atomic mass is 10.2. The molecule has 0 aromatic heterocycles. The first kappa shape index (κ1) is 19.8. The predicted molar refractivity (Wildman–Crippen MR) is 93.1 cm³/mol. The van der Waals surface area contributed by atoms with Gasteiger partial charge in [-0.2, -0.15) is 0 Å². The van der Waals surface area contributed by atoms with Crippen LogP contribution in [0.2, 0.25) is 5.02 Å². The van der Waals surface area contributed by atoms with E-state index in [1.807, 2.05) is 4.72 Å². The van der Waals surface area contributed by atoms with Crippen molar-refractivity contribution in [1.29, 1.82) is 0 Å². The smallest absolute Gasteiger partial charge is 0.275 e. The highest BCUT2D eigenvalue weighted by Gasteiger charge is 2.23. The lowest BCUT2D eigenvalue weighted by Crippen LogP contribution is -2.33. The minimum Gasteiger partial charge on any atom is -0.325 e. The SMILES string of the molecule is Cc1c(Cl)cc(S(=O)(=O)NCC(=O)Nc2cccc(F)c2)cc1[N+](=O)[O-]. The number of carbonyl (C=O) groups is 1. The number of anilines is 1. The summed E-state index contributed by atoms with van der Waals surface area (Å²) in [5.41, 5.74) is -0.176. The van der Waals surface area contributed by atoms with Gasteiger partial charge in [-0.1, -0.05) is 17.7 Å². The Balaban J connectivity index is 2.14. The van der Waals surface area contributed by atoms with Gasteiger partial charge in [0.15, 0.2) is 0 Å². The monoisotopic (exact) mass is 401 g/mol. The van der Waals surface area contributed by atoms with Crippen LogP contribution in [0.15, 0.2) is 41.3 Å². The van der Waals surface area contributed by atoms with E-state index < -0.39 is 43.8 Å². The standard InChI is InChI=1S/C15H13ClFN3O5S/c1-9-13(16)6-12(7-14(9)20(22)23)26(24,25)18-8-15(21)19-11-4-2-3-10(17)5-11/h2-7,18H,8H2,1H3,(H,19,21). The van der Waals surface area contributed by atoms with Crippen LogP contribution in [0.3, 0.4) is 0 Å². The van der Waals surface area contributed by atoms with Crippen LogP contribution >= 0.6 is 11.6 Å². The molecule has 0 atom stereocenters. The summed E-state index contributed by atoms with van der Waals surface area (Å²) >= 11 is 5.84. The topological polar surface area (TPSA) is 118 Å². The third-order valence-corrected chi connectivity index (χ3v) is 5.10. The first-order valence-electron chi connectivity index (χ1n) is 7.10. The molecule has 0 aliphatic heterocycles. The summed E-state index contributed by atoms with van der Waals surface area (Å²) in [7, 11) is -4.22. The summed E-state index contributed by atoms with van der Waals surface area (Å²) in [4.78, 5) is 21.6. The van der Waals surface area contributed by atoms with Crippen LogP contribution in [-0.4, -0.2) is 25.8 Å². The zero-order chi connectivity index (χ0) is 19.5. The summed E-state index contributed by atoms with van der Waals surface area (Å²) in [6.07, 6.45) is 0. The van der Waals surface area contributed by atoms with Crippen LogP contribution in [0, 0.1) is 22.9 Å². The van der Waals surface area contributed by atoms with Crippen molar-refractivity contribution in [2.24, 2.45) is 0 Å². The van der Waals surface area contributed by atoms with E-state index in [0.717, 1.165) is 18.2 Å². The number of hydrogen-bond donors (Lipinski definition) is 2. The number of nitrogens with one attached hydrogen (secondary N) is 2. The number of nitrogens with zero attached hydrogens (tertiary/aromatic N) is 1. The molecule has 0 bridgehead atoms. The maximum absolute atomic E-state index is 13.1. The molecule has 0 heterocycles. The Morgan fingerprint density at radius 1 is 1.31 bits per heavy atom. The quantitative estimate of drug-likeness (QED) is 0.569. The largest absolute Gasteiger partial charge is 0.325 e. The fourth-order valence-corrected chi connectivity index (χ4v) is 3.31. The Morgan fingerprint density at radius 2 is 2.00 bits per heavy atom. The van der Waals surface area contributed by atoms with Gasteiger partial charge in [0.2, 0.25) is 15.9 Å². The van der Waals surface area contributed by atoms with Crippen molar-refractivity contribution < 1.29 is 22.5 Å². The van der Waals surface area contributed by atoms with E-state index in [4.69, 9.17) is 11.6 Å². The van der Waals surface area contributed by atoms with Crippen LogP contribution in [0.5, 0.6) is 0 Å². The molecular weight excluding hydrogens is 389 g/mol. The fourth-order valence-electron chi connectivity index (χ4n) is 2.00. The lowest BCUT2D eigenvalue weighted by molar-refractivity contribution is -0.385. The number of amides is 1. The molecule has 0 saturated carbocycles. The van der Waals surface area contributed by atoms with Gasteiger partial charge in [-0.25, -0.2) is 17.5 Å². The molecule has 0 aliphatic carbocycles. The Bertz CT molecular complexity index is 981. The van der Waals surface area contributed by atoms with E-state index in [0.29, 0.717) is 0 Å². The number of benzene rings is 2. The van der Waals surface area contributed by atoms with Crippen molar-refractivity contribution >= 4 is 38.9 Å². The van der Waals surface area contributed by atoms with Gasteiger partial charge in [-0.3, -0.25) is 14.9 Å². The molecule has 138 valence electrons. The van der Waals surface area contributed by atoms with E-state index in [1.165, 1.54) is 25.1 Å². The molecule has 2 aromatic carbocycles. The third-order valence-electron chi connectivity index (χ3n) is 3.33. The van der Waals surface area contributed by atoms with Crippen molar-refractivity contribution in [2.75, 3.05) is 11.9 Å². The second kappa shape index (κ2) is 7.77. The van der Waals surface area contributed by atoms with Gasteiger partial charge >= 0.3 is 0 Å². The van der Waals surface area contributed by atoms with Gasteiger partial charge < -0.3 is 5.32 Å². The number of sulfonamides is 1. The lowest BCUT2D eigenvalue weighted by Gasteiger charge is -2.09. The summed E-state index contributed by atoms with van der Waals surface area (Å²) in [6, 6.07) is 6.97. The average Bonchev–Trinajstić information content (AvgIpc) is 2.55. The maximum atomic E-state index is 13.1. The predicted octanol–water partition coefficient (Wildman–Crippen LogP) is 2.61. The van der Waals surface area contributed by atoms with Gasteiger partial charge in [-0.05, 0) is 31.2 Å². The zero-order valence-corrected chi connectivity index (χ0v) is 14.9. The molecule has 26 heavy (non-hydrogen) atoms. The number of halogens is 2. The molecule has 0 fully saturated rings. The van der Waals surface area contributed by atoms with Gasteiger partial charge in [0.05, 0.1) is 21.4 Å². The van der Waals surface area contributed by atoms with Crippen molar-refractivity contribution in [3.05, 3.63) is 62.9 Å². The van der Waals surface area contributed by atoms with E-state index in [1.54, 1.807) is 0 Å². The van der Waals surface area contributed by atoms with Gasteiger partial charge in [0.1, 0.15) is 5.82 Å². The summed E-state index contributed by atoms with van der Waals surface area (Å²) in [5, 5.41) is 13.2. The Labute approximate surface area is 153 Å². The van der Waals surface area contributed by atoms with Crippen LogP contribution in [0.4, 0.5) is 15.8 Å². The molecule has 8 nitrogen and oxygen atoms in total. The first-order chi connectivity index (χ1) is 12.1. The van der Waals surface area contributed by atoms with Gasteiger partial charge in [-0.15, -0.1) is 0 Å². The highest BCUT2D eigenvalue weighted by Crippen LogP contribution is 2.29. The first-order valence-corrected chi connectivity index (χ1v) is 8.96. The maximum Gasteiger partial charge on any atom is 0.275 e. The van der Waals surface area contributed by atoms with Crippen LogP contribution < -0.4 is 10.0 Å². The van der Waals surface area contributed by atoms with Gasteiger partial charge in [0, 0.05) is 17.3 Å². The number of carbonyl (C=O) groups excluding carboxylic acids is 1. The molecule has 0 radical (unpaired) electrons. The van der Waals surface area contributed by atoms with E-state index >= 15 is 0 Å². The normalized spacial score (nSPS) is 11.2. The van der Waals surface area contributed by atoms with Crippen molar-refractivity contribution in [3.63, 3.8) is 0 Å². The zero-order valence-electron chi connectivity index (χ0n) is 13.3. The molecule has 0 unspecified atom stereocenters. The molecule has 2 rings (SSSR count). The minimum absolute atomic E-state index is 0.0937. The van der Waals surface area contributed by atoms with E-state index in [2.05, 4.69) is 5.32 Å². The van der Waals surface area contributed by atoms with Crippen molar-refractivity contribution in [2.45, 2.75) is 11.8 Å². The summed E-state index contributed by atoms with van der Waals surface area (Å²) < 4.78 is 39.6. The van der Waals surface area contributed by atoms with E-state index in [-0.39, 0.29) is 16.3 Å². The number of hydrogen-bond acceptors (Lipinski definition) is 5. The second-order valence-electron chi connectivity index (χ2n) is 5.19. The molecule has 0 saturated heterocycles. The molecule has 2 N–H and O–H groups in total. The Morgan fingerprint density at radius 3 is 2.62 bits per heavy atom. The van der Waals surface area contributed by atoms with E-state index in [9.17, 15) is 27.7 Å². The second-order valence-corrected chi connectivity index (χ2v) is 7.36. The molecule has 1 amide bonds. The van der Waals surface area contributed by atoms with Crippen LogP contribution in [0.25, 0.3) is 0 Å². The molecule has 0 aliphatic rings. The van der Waals surface area contributed by atoms with Gasteiger partial charge in [0.25, 0.3) is 5.69 Å². The fraction of sp³-hybridized carbons (Fsp3) is 0.133. The number of nitro groups is 1. The van der Waals surface area contributed by atoms with Crippen LogP contribution in [-0.2, 0) is 14.8 Å². The molecular formula is C15H13ClFN3O5S. The number of rotatable bonds is 6. The third kappa shape index (κ3) is 4.75. The van der Waals surface area contributed by atoms with Crippen molar-refractivity contribution in [3.8, 4) is 0 Å². The highest BCUT2D eigenvalue weighted by molar-refractivity contribution is 7.89. The summed E-state index contributed by atoms with van der Waals surface area (Å²) in [5.74, 6) is -1.31. The highest BCUT2D eigenvalue weighted by atomic mass is 35.5. The Hall–Kier alpha value is -2.56. The molecule has 11 heteroatoms. The Kier molecular flexibility index (Phi) is 5.90. The molecule has 2 aromatic rings.